The first-order chi connectivity index (χ1) is 7.22. The average molecular weight is 207 g/mol. The van der Waals surface area contributed by atoms with Gasteiger partial charge in [0.15, 0.2) is 0 Å². The number of methoxy groups -OCH3 is 1. The maximum atomic E-state index is 10.7. The van der Waals surface area contributed by atoms with Crippen molar-refractivity contribution in [2.45, 2.75) is 18.8 Å². The van der Waals surface area contributed by atoms with E-state index in [4.69, 9.17) is 9.84 Å². The van der Waals surface area contributed by atoms with E-state index in [9.17, 15) is 4.79 Å². The van der Waals surface area contributed by atoms with Gasteiger partial charge in [-0.2, -0.15) is 0 Å². The Kier molecular flexibility index (Phi) is 2.68. The highest BCUT2D eigenvalue weighted by molar-refractivity contribution is 5.87. The number of carboxylic acids is 1. The zero-order chi connectivity index (χ0) is 10.8. The molecule has 0 aliphatic heterocycles. The number of fused-ring (bicyclic) bond motifs is 1. The van der Waals surface area contributed by atoms with Crippen molar-refractivity contribution in [2.24, 2.45) is 0 Å². The largest absolute Gasteiger partial charge is 0.478 e. The molecular formula is C11H13NO3. The lowest BCUT2D eigenvalue weighted by Gasteiger charge is -2.08. The summed E-state index contributed by atoms with van der Waals surface area (Å²) >= 11 is 0. The Balaban J connectivity index is 2.29. The first-order valence-corrected chi connectivity index (χ1v) is 4.93. The molecule has 1 aliphatic carbocycles. The predicted molar refractivity (Wildman–Crippen MR) is 54.1 cm³/mol. The van der Waals surface area contributed by atoms with Gasteiger partial charge in [0.25, 0.3) is 0 Å². The lowest BCUT2D eigenvalue weighted by Crippen LogP contribution is -2.05. The lowest BCUT2D eigenvalue weighted by atomic mass is 10.1. The van der Waals surface area contributed by atoms with Gasteiger partial charge in [0.2, 0.25) is 0 Å². The summed E-state index contributed by atoms with van der Waals surface area (Å²) in [7, 11) is 1.67. The van der Waals surface area contributed by atoms with Gasteiger partial charge in [-0.05, 0) is 24.5 Å². The number of hydrogen-bond acceptors (Lipinski definition) is 3. The highest BCUT2D eigenvalue weighted by Crippen LogP contribution is 2.31. The maximum Gasteiger partial charge on any atom is 0.337 e. The normalized spacial score (nSPS) is 18.9. The van der Waals surface area contributed by atoms with E-state index in [-0.39, 0.29) is 5.56 Å². The van der Waals surface area contributed by atoms with Gasteiger partial charge >= 0.3 is 5.97 Å². The third-order valence-corrected chi connectivity index (χ3v) is 2.77. The van der Waals surface area contributed by atoms with E-state index in [2.05, 4.69) is 4.98 Å². The van der Waals surface area contributed by atoms with E-state index >= 15 is 0 Å². The van der Waals surface area contributed by atoms with Crippen molar-refractivity contribution in [1.82, 2.24) is 4.98 Å². The summed E-state index contributed by atoms with van der Waals surface area (Å²) in [6, 6.07) is 1.72. The monoisotopic (exact) mass is 207 g/mol. The number of pyridine rings is 1. The Morgan fingerprint density at radius 2 is 2.53 bits per heavy atom. The van der Waals surface area contributed by atoms with Crippen LogP contribution >= 0.6 is 0 Å². The minimum Gasteiger partial charge on any atom is -0.478 e. The second-order valence-corrected chi connectivity index (χ2v) is 3.76. The molecule has 1 atom stereocenters. The Morgan fingerprint density at radius 3 is 3.20 bits per heavy atom. The van der Waals surface area contributed by atoms with Crippen LogP contribution in [0.4, 0.5) is 0 Å². The van der Waals surface area contributed by atoms with E-state index < -0.39 is 5.97 Å². The third-order valence-electron chi connectivity index (χ3n) is 2.77. The Morgan fingerprint density at radius 1 is 1.73 bits per heavy atom. The van der Waals surface area contributed by atoms with Gasteiger partial charge in [-0.25, -0.2) is 4.79 Å². The molecule has 0 aromatic carbocycles. The van der Waals surface area contributed by atoms with Crippen molar-refractivity contribution < 1.29 is 14.6 Å². The van der Waals surface area contributed by atoms with Crippen LogP contribution in [0.5, 0.6) is 0 Å². The first kappa shape index (κ1) is 10.1. The molecule has 1 N–H and O–H groups in total. The van der Waals surface area contributed by atoms with Gasteiger partial charge in [-0.1, -0.05) is 0 Å². The molecule has 0 spiro atoms. The first-order valence-electron chi connectivity index (χ1n) is 4.93. The average Bonchev–Trinajstić information content (AvgIpc) is 2.61. The minimum atomic E-state index is -0.916. The van der Waals surface area contributed by atoms with Gasteiger partial charge in [-0.3, -0.25) is 4.98 Å². The van der Waals surface area contributed by atoms with Crippen molar-refractivity contribution in [3.63, 3.8) is 0 Å². The molecule has 0 bridgehead atoms. The van der Waals surface area contributed by atoms with E-state index in [0.29, 0.717) is 12.5 Å². The molecule has 1 aromatic heterocycles. The molecule has 0 saturated heterocycles. The molecule has 1 aromatic rings. The Labute approximate surface area is 87.9 Å². The van der Waals surface area contributed by atoms with Crippen LogP contribution in [-0.2, 0) is 11.2 Å². The summed E-state index contributed by atoms with van der Waals surface area (Å²) in [6.07, 6.45) is 3.33. The standard InChI is InChI=1S/C11H13NO3/c1-15-6-8-3-2-7-4-9(11(13)14)5-12-10(7)8/h4-5,8H,2-3,6H2,1H3,(H,13,14)/t8-/m0/s1. The number of aryl methyl sites for hydroxylation is 1. The van der Waals surface area contributed by atoms with Crippen molar-refractivity contribution in [1.29, 1.82) is 0 Å². The zero-order valence-electron chi connectivity index (χ0n) is 8.56. The van der Waals surface area contributed by atoms with Gasteiger partial charge in [0, 0.05) is 24.9 Å². The van der Waals surface area contributed by atoms with Gasteiger partial charge < -0.3 is 9.84 Å². The summed E-state index contributed by atoms with van der Waals surface area (Å²) in [5.41, 5.74) is 2.32. The summed E-state index contributed by atoms with van der Waals surface area (Å²) in [6.45, 7) is 0.659. The smallest absolute Gasteiger partial charge is 0.337 e. The number of aromatic carboxylic acids is 1. The summed E-state index contributed by atoms with van der Waals surface area (Å²) in [4.78, 5) is 15.0. The molecule has 80 valence electrons. The summed E-state index contributed by atoms with van der Waals surface area (Å²) in [5.74, 6) is -0.590. The van der Waals surface area contributed by atoms with Gasteiger partial charge in [-0.15, -0.1) is 0 Å². The SMILES string of the molecule is COC[C@@H]1CCc2cc(C(=O)O)cnc21. The van der Waals surface area contributed by atoms with Crippen molar-refractivity contribution in [2.75, 3.05) is 13.7 Å². The van der Waals surface area contributed by atoms with Crippen LogP contribution in [0.2, 0.25) is 0 Å². The number of carbonyl (C=O) groups is 1. The second-order valence-electron chi connectivity index (χ2n) is 3.76. The van der Waals surface area contributed by atoms with Crippen LogP contribution in [-0.4, -0.2) is 29.8 Å². The number of nitrogens with zero attached hydrogens (tertiary/aromatic N) is 1. The van der Waals surface area contributed by atoms with Crippen LogP contribution in [0.15, 0.2) is 12.3 Å². The third kappa shape index (κ3) is 1.85. The maximum absolute atomic E-state index is 10.7. The number of ether oxygens (including phenoxy) is 1. The fourth-order valence-electron chi connectivity index (χ4n) is 2.04. The number of carboxylic acid groups (broad SMARTS) is 1. The van der Waals surface area contributed by atoms with Crippen LogP contribution in [0, 0.1) is 0 Å². The van der Waals surface area contributed by atoms with E-state index in [1.165, 1.54) is 6.20 Å². The molecule has 1 aliphatic rings. The topological polar surface area (TPSA) is 59.4 Å². The second kappa shape index (κ2) is 3.98. The van der Waals surface area contributed by atoms with Crippen LogP contribution in [0.3, 0.4) is 0 Å². The molecule has 2 rings (SSSR count). The molecule has 0 amide bonds. The van der Waals surface area contributed by atoms with Crippen molar-refractivity contribution >= 4 is 5.97 Å². The van der Waals surface area contributed by atoms with E-state index in [1.54, 1.807) is 13.2 Å². The molecular weight excluding hydrogens is 194 g/mol. The Bertz CT molecular complexity index is 389. The van der Waals surface area contributed by atoms with Crippen molar-refractivity contribution in [3.05, 3.63) is 29.1 Å². The molecule has 0 saturated carbocycles. The number of hydrogen-bond donors (Lipinski definition) is 1. The fourth-order valence-corrected chi connectivity index (χ4v) is 2.04. The minimum absolute atomic E-state index is 0.270. The quantitative estimate of drug-likeness (QED) is 0.815. The Hall–Kier alpha value is -1.42. The van der Waals surface area contributed by atoms with E-state index in [1.807, 2.05) is 0 Å². The van der Waals surface area contributed by atoms with E-state index in [0.717, 1.165) is 24.1 Å². The van der Waals surface area contributed by atoms with Gasteiger partial charge in [0.1, 0.15) is 0 Å². The molecule has 0 unspecified atom stereocenters. The molecule has 15 heavy (non-hydrogen) atoms. The van der Waals surface area contributed by atoms with Crippen LogP contribution in [0.1, 0.15) is 34.0 Å². The molecule has 1 heterocycles. The summed E-state index contributed by atoms with van der Waals surface area (Å²) < 4.78 is 5.10. The highest BCUT2D eigenvalue weighted by Gasteiger charge is 2.24. The highest BCUT2D eigenvalue weighted by atomic mass is 16.5. The number of rotatable bonds is 3. The molecule has 0 fully saturated rings. The van der Waals surface area contributed by atoms with Crippen molar-refractivity contribution in [3.8, 4) is 0 Å². The van der Waals surface area contributed by atoms with Crippen LogP contribution < -0.4 is 0 Å². The van der Waals surface area contributed by atoms with Gasteiger partial charge in [0.05, 0.1) is 12.2 Å². The molecule has 0 radical (unpaired) electrons. The summed E-state index contributed by atoms with van der Waals surface area (Å²) in [5, 5.41) is 8.82. The fraction of sp³-hybridized carbons (Fsp3) is 0.455. The number of aromatic nitrogens is 1. The zero-order valence-corrected chi connectivity index (χ0v) is 8.56. The molecule has 4 heteroatoms. The van der Waals surface area contributed by atoms with Crippen LogP contribution in [0.25, 0.3) is 0 Å². The predicted octanol–water partition coefficient (Wildman–Crippen LogP) is 1.46. The lowest BCUT2D eigenvalue weighted by molar-refractivity contribution is 0.0696. The molecule has 4 nitrogen and oxygen atoms in total.